The molecule has 0 saturated carbocycles. The lowest BCUT2D eigenvalue weighted by molar-refractivity contribution is 0.0250. The normalized spacial score (nSPS) is 16.0. The standard InChI is InChI=1S/C20H30O4/c1-13(2)11-15(5)23-19(21)17-9-7-8-10-18(17)20(22)24-16(6)12-14(3)4/h7-10,13-16H,11-12H2,1-6H3/i7D,8D,9D,10D. The molecule has 0 aromatic heterocycles. The Labute approximate surface area is 151 Å². The van der Waals surface area contributed by atoms with Crippen molar-refractivity contribution in [2.24, 2.45) is 11.8 Å². The van der Waals surface area contributed by atoms with Crippen LogP contribution < -0.4 is 0 Å². The van der Waals surface area contributed by atoms with E-state index in [4.69, 9.17) is 15.0 Å². The van der Waals surface area contributed by atoms with Gasteiger partial charge in [-0.15, -0.1) is 0 Å². The largest absolute Gasteiger partial charge is 0.459 e. The van der Waals surface area contributed by atoms with Crippen molar-refractivity contribution < 1.29 is 24.5 Å². The lowest BCUT2D eigenvalue weighted by Gasteiger charge is -2.18. The molecule has 2 unspecified atom stereocenters. The Morgan fingerprint density at radius 1 is 0.833 bits per heavy atom. The summed E-state index contributed by atoms with van der Waals surface area (Å²) in [7, 11) is 0. The maximum Gasteiger partial charge on any atom is 0.339 e. The zero-order valence-corrected chi connectivity index (χ0v) is 15.4. The van der Waals surface area contributed by atoms with Crippen molar-refractivity contribution in [1.29, 1.82) is 0 Å². The minimum absolute atomic E-state index is 0.272. The van der Waals surface area contributed by atoms with Crippen LogP contribution >= 0.6 is 0 Å². The van der Waals surface area contributed by atoms with E-state index in [0.29, 0.717) is 12.8 Å². The molecule has 0 radical (unpaired) electrons. The molecule has 4 nitrogen and oxygen atoms in total. The number of benzene rings is 1. The predicted octanol–water partition coefficient (Wildman–Crippen LogP) is 4.87. The lowest BCUT2D eigenvalue weighted by atomic mass is 10.1. The molecule has 24 heavy (non-hydrogen) atoms. The Hall–Kier alpha value is -1.84. The smallest absolute Gasteiger partial charge is 0.339 e. The fourth-order valence-corrected chi connectivity index (χ4v) is 2.53. The Bertz CT molecular complexity index is 671. The first-order valence-corrected chi connectivity index (χ1v) is 8.38. The summed E-state index contributed by atoms with van der Waals surface area (Å²) in [4.78, 5) is 25.4. The van der Waals surface area contributed by atoms with E-state index in [-0.39, 0.29) is 11.8 Å². The van der Waals surface area contributed by atoms with Crippen LogP contribution in [0.3, 0.4) is 0 Å². The first kappa shape index (κ1) is 14.5. The molecule has 0 aliphatic heterocycles. The number of carbonyl (C=O) groups is 2. The maximum absolute atomic E-state index is 12.7. The first-order valence-electron chi connectivity index (χ1n) is 10.4. The van der Waals surface area contributed by atoms with Crippen molar-refractivity contribution in [1.82, 2.24) is 0 Å². The van der Waals surface area contributed by atoms with E-state index in [0.717, 1.165) is 0 Å². The van der Waals surface area contributed by atoms with Gasteiger partial charge in [0.1, 0.15) is 0 Å². The second-order valence-electron chi connectivity index (χ2n) is 6.94. The van der Waals surface area contributed by atoms with E-state index in [1.807, 2.05) is 27.7 Å². The van der Waals surface area contributed by atoms with Crippen molar-refractivity contribution in [2.45, 2.75) is 66.6 Å². The lowest BCUT2D eigenvalue weighted by Crippen LogP contribution is -2.22. The van der Waals surface area contributed by atoms with Crippen LogP contribution in [0.5, 0.6) is 0 Å². The van der Waals surface area contributed by atoms with Crippen LogP contribution in [0.2, 0.25) is 0 Å². The Kier molecular flexibility index (Phi) is 5.71. The Morgan fingerprint density at radius 2 is 1.17 bits per heavy atom. The highest BCUT2D eigenvalue weighted by Gasteiger charge is 2.22. The van der Waals surface area contributed by atoms with E-state index in [2.05, 4.69) is 0 Å². The molecule has 0 aliphatic carbocycles. The molecule has 1 rings (SSSR count). The fraction of sp³-hybridized carbons (Fsp3) is 0.600. The van der Waals surface area contributed by atoms with Gasteiger partial charge in [0, 0.05) is 0 Å². The van der Waals surface area contributed by atoms with Gasteiger partial charge in [-0.25, -0.2) is 9.59 Å². The number of rotatable bonds is 8. The van der Waals surface area contributed by atoms with Gasteiger partial charge in [0.25, 0.3) is 0 Å². The molecule has 0 spiro atoms. The molecule has 134 valence electrons. The number of carbonyl (C=O) groups excluding carboxylic acids is 2. The van der Waals surface area contributed by atoms with Crippen LogP contribution in [0.15, 0.2) is 24.2 Å². The SMILES string of the molecule is [2H]c1c([2H])c([2H])c(C(=O)OC(C)CC(C)C)c(C(=O)OC(C)CC(C)C)c1[2H]. The zero-order valence-electron chi connectivity index (χ0n) is 19.4. The minimum Gasteiger partial charge on any atom is -0.459 e. The summed E-state index contributed by atoms with van der Waals surface area (Å²) in [6.07, 6.45) is 0.245. The third-order valence-corrected chi connectivity index (χ3v) is 3.32. The van der Waals surface area contributed by atoms with Gasteiger partial charge < -0.3 is 9.47 Å². The average Bonchev–Trinajstić information content (AvgIpc) is 2.53. The van der Waals surface area contributed by atoms with Crippen molar-refractivity contribution >= 4 is 11.9 Å². The number of hydrogen-bond donors (Lipinski definition) is 0. The number of esters is 2. The summed E-state index contributed by atoms with van der Waals surface area (Å²) >= 11 is 0. The molecular weight excluding hydrogens is 304 g/mol. The highest BCUT2D eigenvalue weighted by atomic mass is 16.5. The molecule has 0 amide bonds. The van der Waals surface area contributed by atoms with Gasteiger partial charge in [-0.1, -0.05) is 39.8 Å². The summed E-state index contributed by atoms with van der Waals surface area (Å²) in [6, 6.07) is -2.40. The number of hydrogen-bond acceptors (Lipinski definition) is 4. The van der Waals surface area contributed by atoms with Crippen LogP contribution in [0, 0.1) is 11.8 Å². The molecule has 0 saturated heterocycles. The van der Waals surface area contributed by atoms with Gasteiger partial charge in [-0.3, -0.25) is 0 Å². The van der Waals surface area contributed by atoms with Gasteiger partial charge in [0.2, 0.25) is 0 Å². The van der Waals surface area contributed by atoms with Crippen LogP contribution in [-0.2, 0) is 9.47 Å². The van der Waals surface area contributed by atoms with E-state index >= 15 is 0 Å². The van der Waals surface area contributed by atoms with Gasteiger partial charge in [0.15, 0.2) is 0 Å². The van der Waals surface area contributed by atoms with Gasteiger partial charge >= 0.3 is 11.9 Å². The second-order valence-corrected chi connectivity index (χ2v) is 6.94. The van der Waals surface area contributed by atoms with E-state index in [9.17, 15) is 9.59 Å². The summed E-state index contributed by atoms with van der Waals surface area (Å²) in [6.45, 7) is 11.3. The summed E-state index contributed by atoms with van der Waals surface area (Å²) < 4.78 is 42.5. The van der Waals surface area contributed by atoms with Crippen LogP contribution in [0.1, 0.15) is 80.6 Å². The van der Waals surface area contributed by atoms with Crippen molar-refractivity contribution in [2.75, 3.05) is 0 Å². The minimum atomic E-state index is -0.955. The molecule has 0 N–H and O–H groups in total. The van der Waals surface area contributed by atoms with Gasteiger partial charge in [-0.05, 0) is 50.6 Å². The van der Waals surface area contributed by atoms with Crippen molar-refractivity contribution in [3.63, 3.8) is 0 Å². The van der Waals surface area contributed by atoms with E-state index < -0.39 is 59.4 Å². The van der Waals surface area contributed by atoms with Crippen molar-refractivity contribution in [3.8, 4) is 0 Å². The quantitative estimate of drug-likeness (QED) is 0.635. The van der Waals surface area contributed by atoms with Crippen LogP contribution in [0.4, 0.5) is 0 Å². The van der Waals surface area contributed by atoms with Gasteiger partial charge in [0.05, 0.1) is 28.8 Å². The third kappa shape index (κ3) is 6.73. The zero-order chi connectivity index (χ0) is 21.8. The molecule has 0 heterocycles. The molecular formula is C20H30O4. The van der Waals surface area contributed by atoms with E-state index in [1.165, 1.54) is 0 Å². The van der Waals surface area contributed by atoms with Crippen LogP contribution in [0.25, 0.3) is 0 Å². The summed E-state index contributed by atoms with van der Waals surface area (Å²) in [5, 5.41) is 0. The molecule has 0 fully saturated rings. The fourth-order valence-electron chi connectivity index (χ4n) is 2.53. The average molecular weight is 338 g/mol. The highest BCUT2D eigenvalue weighted by molar-refractivity contribution is 6.03. The first-order chi connectivity index (χ1) is 12.9. The highest BCUT2D eigenvalue weighted by Crippen LogP contribution is 2.17. The molecule has 1 aromatic carbocycles. The third-order valence-electron chi connectivity index (χ3n) is 3.32. The molecule has 2 atom stereocenters. The molecule has 0 bridgehead atoms. The Morgan fingerprint density at radius 3 is 1.46 bits per heavy atom. The molecule has 4 heteroatoms. The van der Waals surface area contributed by atoms with E-state index in [1.54, 1.807) is 13.8 Å². The maximum atomic E-state index is 12.7. The second kappa shape index (κ2) is 9.45. The monoisotopic (exact) mass is 338 g/mol. The summed E-state index contributed by atoms with van der Waals surface area (Å²) in [5.41, 5.74) is -0.966. The Balaban J connectivity index is 3.35. The van der Waals surface area contributed by atoms with Crippen LogP contribution in [-0.4, -0.2) is 24.1 Å². The molecule has 1 aromatic rings. The van der Waals surface area contributed by atoms with Crippen molar-refractivity contribution in [3.05, 3.63) is 35.3 Å². The topological polar surface area (TPSA) is 52.6 Å². The predicted molar refractivity (Wildman–Crippen MR) is 95.1 cm³/mol. The molecule has 0 aliphatic rings. The summed E-state index contributed by atoms with van der Waals surface area (Å²) in [5.74, 6) is -1.37. The van der Waals surface area contributed by atoms with Gasteiger partial charge in [-0.2, -0.15) is 0 Å². The number of ether oxygens (including phenoxy) is 2.